The largest absolute Gasteiger partial charge is 0.395 e. The lowest BCUT2D eigenvalue weighted by atomic mass is 10.1. The van der Waals surface area contributed by atoms with E-state index in [4.69, 9.17) is 10.5 Å². The van der Waals surface area contributed by atoms with Crippen molar-refractivity contribution in [2.75, 3.05) is 33.4 Å². The first kappa shape index (κ1) is 13.8. The van der Waals surface area contributed by atoms with Gasteiger partial charge in [0.15, 0.2) is 0 Å². The molecule has 0 aromatic heterocycles. The summed E-state index contributed by atoms with van der Waals surface area (Å²) >= 11 is 0. The highest BCUT2D eigenvalue weighted by Crippen LogP contribution is 2.05. The van der Waals surface area contributed by atoms with E-state index in [0.29, 0.717) is 6.61 Å². The number of rotatable bonds is 8. The molecular formula is C10H24N2O2. The van der Waals surface area contributed by atoms with Crippen LogP contribution in [0.4, 0.5) is 0 Å². The number of nitrogens with two attached hydrogens (primary N) is 1. The number of nitrogens with zero attached hydrogens (tertiary/aromatic N) is 1. The Balaban J connectivity index is 4.13. The van der Waals surface area contributed by atoms with Crippen LogP contribution >= 0.6 is 0 Å². The average Bonchev–Trinajstić information content (AvgIpc) is 2.23. The van der Waals surface area contributed by atoms with Gasteiger partial charge in [0.1, 0.15) is 0 Å². The minimum Gasteiger partial charge on any atom is -0.395 e. The second-order valence-electron chi connectivity index (χ2n) is 3.44. The molecule has 0 aliphatic rings. The Morgan fingerprint density at radius 1 is 1.43 bits per heavy atom. The van der Waals surface area contributed by atoms with Gasteiger partial charge in [0.25, 0.3) is 0 Å². The molecule has 14 heavy (non-hydrogen) atoms. The van der Waals surface area contributed by atoms with Crippen LogP contribution < -0.4 is 5.73 Å². The highest BCUT2D eigenvalue weighted by atomic mass is 16.5. The van der Waals surface area contributed by atoms with Crippen molar-refractivity contribution in [3.05, 3.63) is 0 Å². The summed E-state index contributed by atoms with van der Waals surface area (Å²) in [5.74, 6) is 0. The van der Waals surface area contributed by atoms with Gasteiger partial charge in [0.05, 0.1) is 13.2 Å². The molecule has 0 rings (SSSR count). The van der Waals surface area contributed by atoms with Gasteiger partial charge in [-0.3, -0.25) is 4.90 Å². The van der Waals surface area contributed by atoms with Crippen molar-refractivity contribution >= 4 is 0 Å². The van der Waals surface area contributed by atoms with Gasteiger partial charge in [-0.1, -0.05) is 13.8 Å². The Hall–Kier alpha value is -0.160. The minimum absolute atomic E-state index is 0.0387. The summed E-state index contributed by atoms with van der Waals surface area (Å²) < 4.78 is 5.02. The lowest BCUT2D eigenvalue weighted by molar-refractivity contribution is 0.0769. The summed E-state index contributed by atoms with van der Waals surface area (Å²) in [6.07, 6.45) is 0.884. The molecule has 4 heteroatoms. The van der Waals surface area contributed by atoms with Crippen LogP contribution in [0.15, 0.2) is 0 Å². The maximum absolute atomic E-state index is 9.27. The van der Waals surface area contributed by atoms with Crippen molar-refractivity contribution in [1.29, 1.82) is 0 Å². The number of hydrogen-bond donors (Lipinski definition) is 2. The van der Waals surface area contributed by atoms with E-state index in [1.54, 1.807) is 7.11 Å². The first-order valence-electron chi connectivity index (χ1n) is 5.30. The fourth-order valence-electron chi connectivity index (χ4n) is 1.56. The monoisotopic (exact) mass is 204 g/mol. The van der Waals surface area contributed by atoms with Gasteiger partial charge in [-0.05, 0) is 13.0 Å². The number of aliphatic hydroxyl groups is 1. The normalized spacial score (nSPS) is 15.9. The van der Waals surface area contributed by atoms with Gasteiger partial charge < -0.3 is 15.6 Å². The van der Waals surface area contributed by atoms with Crippen molar-refractivity contribution in [2.45, 2.75) is 32.4 Å². The maximum Gasteiger partial charge on any atom is 0.0601 e. The van der Waals surface area contributed by atoms with Crippen LogP contribution in [0.2, 0.25) is 0 Å². The molecule has 0 heterocycles. The molecule has 0 fully saturated rings. The SMILES string of the molecule is CCC(N)C(CO)N(CC)CCOC. The molecule has 86 valence electrons. The van der Waals surface area contributed by atoms with Crippen molar-refractivity contribution in [3.8, 4) is 0 Å². The molecule has 3 N–H and O–H groups in total. The van der Waals surface area contributed by atoms with Crippen LogP contribution in [0.25, 0.3) is 0 Å². The maximum atomic E-state index is 9.27. The molecule has 0 saturated heterocycles. The third-order valence-corrected chi connectivity index (χ3v) is 2.61. The molecule has 0 spiro atoms. The van der Waals surface area contributed by atoms with Crippen molar-refractivity contribution in [3.63, 3.8) is 0 Å². The van der Waals surface area contributed by atoms with E-state index in [1.807, 2.05) is 6.92 Å². The predicted molar refractivity (Wildman–Crippen MR) is 58.3 cm³/mol. The van der Waals surface area contributed by atoms with Crippen molar-refractivity contribution < 1.29 is 9.84 Å². The molecule has 0 saturated carbocycles. The van der Waals surface area contributed by atoms with Gasteiger partial charge in [-0.25, -0.2) is 0 Å². The van der Waals surface area contributed by atoms with E-state index in [9.17, 15) is 5.11 Å². The molecule has 0 aromatic rings. The van der Waals surface area contributed by atoms with Gasteiger partial charge in [0, 0.05) is 25.7 Å². The lowest BCUT2D eigenvalue weighted by Gasteiger charge is -2.32. The van der Waals surface area contributed by atoms with E-state index < -0.39 is 0 Å². The fraction of sp³-hybridized carbons (Fsp3) is 1.00. The third-order valence-electron chi connectivity index (χ3n) is 2.61. The number of aliphatic hydroxyl groups excluding tert-OH is 1. The molecule has 2 unspecified atom stereocenters. The molecule has 0 aliphatic heterocycles. The number of hydrogen-bond acceptors (Lipinski definition) is 4. The molecule has 2 atom stereocenters. The van der Waals surface area contributed by atoms with Crippen LogP contribution in [0, 0.1) is 0 Å². The summed E-state index contributed by atoms with van der Waals surface area (Å²) in [6.45, 7) is 6.62. The van der Waals surface area contributed by atoms with E-state index in [1.165, 1.54) is 0 Å². The molecule has 0 radical (unpaired) electrons. The third kappa shape index (κ3) is 4.37. The Kier molecular flexibility index (Phi) is 8.08. The first-order valence-corrected chi connectivity index (χ1v) is 5.30. The standard InChI is InChI=1S/C10H24N2O2/c1-4-9(11)10(8-13)12(5-2)6-7-14-3/h9-10,13H,4-8,11H2,1-3H3. The highest BCUT2D eigenvalue weighted by molar-refractivity contribution is 4.80. The van der Waals surface area contributed by atoms with Crippen molar-refractivity contribution in [2.24, 2.45) is 5.73 Å². The predicted octanol–water partition coefficient (Wildman–Crippen LogP) is 0.0529. The zero-order valence-electron chi connectivity index (χ0n) is 9.57. The minimum atomic E-state index is 0.0387. The molecule has 0 bridgehead atoms. The van der Waals surface area contributed by atoms with Crippen molar-refractivity contribution in [1.82, 2.24) is 4.90 Å². The van der Waals surface area contributed by atoms with E-state index >= 15 is 0 Å². The second-order valence-corrected chi connectivity index (χ2v) is 3.44. The lowest BCUT2D eigenvalue weighted by Crippen LogP contribution is -2.50. The average molecular weight is 204 g/mol. The molecular weight excluding hydrogens is 180 g/mol. The van der Waals surface area contributed by atoms with Gasteiger partial charge >= 0.3 is 0 Å². The zero-order chi connectivity index (χ0) is 11.0. The van der Waals surface area contributed by atoms with E-state index in [2.05, 4.69) is 11.8 Å². The quantitative estimate of drug-likeness (QED) is 0.587. The van der Waals surface area contributed by atoms with Crippen LogP contribution in [0.5, 0.6) is 0 Å². The summed E-state index contributed by atoms with van der Waals surface area (Å²) in [7, 11) is 1.68. The molecule has 4 nitrogen and oxygen atoms in total. The van der Waals surface area contributed by atoms with Gasteiger partial charge in [-0.2, -0.15) is 0 Å². The number of ether oxygens (including phenoxy) is 1. The number of likely N-dealkylation sites (N-methyl/N-ethyl adjacent to an activating group) is 1. The van der Waals surface area contributed by atoms with E-state index in [0.717, 1.165) is 19.5 Å². The highest BCUT2D eigenvalue weighted by Gasteiger charge is 2.21. The zero-order valence-corrected chi connectivity index (χ0v) is 9.57. The summed E-state index contributed by atoms with van der Waals surface area (Å²) in [6, 6.07) is 0.0944. The molecule has 0 aromatic carbocycles. The Bertz CT molecular complexity index is 133. The number of methoxy groups -OCH3 is 1. The van der Waals surface area contributed by atoms with Gasteiger partial charge in [-0.15, -0.1) is 0 Å². The first-order chi connectivity index (χ1) is 6.71. The topological polar surface area (TPSA) is 58.7 Å². The van der Waals surface area contributed by atoms with Crippen LogP contribution in [0.3, 0.4) is 0 Å². The summed E-state index contributed by atoms with van der Waals surface area (Å²) in [4.78, 5) is 2.16. The summed E-state index contributed by atoms with van der Waals surface area (Å²) in [5, 5.41) is 9.27. The van der Waals surface area contributed by atoms with Crippen LogP contribution in [-0.2, 0) is 4.74 Å². The van der Waals surface area contributed by atoms with E-state index in [-0.39, 0.29) is 18.7 Å². The summed E-state index contributed by atoms with van der Waals surface area (Å²) in [5.41, 5.74) is 5.93. The molecule has 0 aliphatic carbocycles. The Morgan fingerprint density at radius 2 is 2.07 bits per heavy atom. The fourth-order valence-corrected chi connectivity index (χ4v) is 1.56. The van der Waals surface area contributed by atoms with Gasteiger partial charge in [0.2, 0.25) is 0 Å². The van der Waals surface area contributed by atoms with Crippen LogP contribution in [-0.4, -0.2) is 55.5 Å². The molecule has 0 amide bonds. The smallest absolute Gasteiger partial charge is 0.0601 e. The second kappa shape index (κ2) is 8.17. The van der Waals surface area contributed by atoms with Crippen LogP contribution in [0.1, 0.15) is 20.3 Å². The Labute approximate surface area is 87.0 Å². The Morgan fingerprint density at radius 3 is 2.43 bits per heavy atom.